The van der Waals surface area contributed by atoms with E-state index in [4.69, 9.17) is 0 Å². The number of anilines is 1. The first kappa shape index (κ1) is 13.8. The van der Waals surface area contributed by atoms with Gasteiger partial charge in [-0.05, 0) is 12.8 Å². The number of carbonyl (C=O) groups is 1. The summed E-state index contributed by atoms with van der Waals surface area (Å²) in [5.74, 6) is 1.53. The van der Waals surface area contributed by atoms with Crippen LogP contribution in [0.4, 0.5) is 5.13 Å². The molecule has 0 bridgehead atoms. The van der Waals surface area contributed by atoms with Crippen molar-refractivity contribution in [2.45, 2.75) is 25.2 Å². The van der Waals surface area contributed by atoms with Crippen LogP contribution in [-0.2, 0) is 9.53 Å². The van der Waals surface area contributed by atoms with Crippen molar-refractivity contribution in [1.82, 2.24) is 14.3 Å². The lowest BCUT2D eigenvalue weighted by atomic mass is 10.3. The molecule has 1 aliphatic heterocycles. The lowest BCUT2D eigenvalue weighted by Gasteiger charge is -2.34. The maximum Gasteiger partial charge on any atom is 0.306 e. The van der Waals surface area contributed by atoms with Crippen LogP contribution in [0.2, 0.25) is 0 Å². The van der Waals surface area contributed by atoms with E-state index in [1.54, 1.807) is 0 Å². The van der Waals surface area contributed by atoms with Gasteiger partial charge in [0.25, 0.3) is 0 Å². The van der Waals surface area contributed by atoms with Crippen molar-refractivity contribution >= 4 is 22.6 Å². The maximum absolute atomic E-state index is 11.1. The standard InChI is InChI=1S/C13H20N4O2S/c1-19-11(18)4-5-16-6-8-17(9-7-16)13-14-12(15-20-13)10-2-3-10/h10H,2-9H2,1H3. The van der Waals surface area contributed by atoms with E-state index in [2.05, 4.69) is 23.9 Å². The number of esters is 1. The molecule has 1 saturated carbocycles. The van der Waals surface area contributed by atoms with Crippen molar-refractivity contribution in [3.05, 3.63) is 5.82 Å². The summed E-state index contributed by atoms with van der Waals surface area (Å²) >= 11 is 1.52. The molecule has 0 atom stereocenters. The first-order chi connectivity index (χ1) is 9.76. The SMILES string of the molecule is COC(=O)CCN1CCN(c2nc(C3CC3)ns2)CC1. The van der Waals surface area contributed by atoms with Gasteiger partial charge >= 0.3 is 5.97 Å². The van der Waals surface area contributed by atoms with Gasteiger partial charge in [0.05, 0.1) is 13.5 Å². The molecule has 1 aromatic heterocycles. The van der Waals surface area contributed by atoms with Crippen LogP contribution in [-0.4, -0.2) is 60.1 Å². The Labute approximate surface area is 122 Å². The summed E-state index contributed by atoms with van der Waals surface area (Å²) in [7, 11) is 1.44. The second-order valence-electron chi connectivity index (χ2n) is 5.36. The molecule has 7 heteroatoms. The van der Waals surface area contributed by atoms with E-state index < -0.39 is 0 Å². The molecule has 3 rings (SSSR count). The van der Waals surface area contributed by atoms with Crippen molar-refractivity contribution in [3.63, 3.8) is 0 Å². The summed E-state index contributed by atoms with van der Waals surface area (Å²) in [6.45, 7) is 4.63. The minimum atomic E-state index is -0.134. The number of ether oxygens (including phenoxy) is 1. The van der Waals surface area contributed by atoms with Gasteiger partial charge in [0.15, 0.2) is 0 Å². The van der Waals surface area contributed by atoms with Crippen LogP contribution in [0.1, 0.15) is 31.0 Å². The number of nitrogens with zero attached hydrogens (tertiary/aromatic N) is 4. The zero-order valence-corrected chi connectivity index (χ0v) is 12.6. The third kappa shape index (κ3) is 3.27. The Hall–Kier alpha value is -1.21. The Bertz CT molecular complexity index is 467. The molecule has 1 saturated heterocycles. The van der Waals surface area contributed by atoms with Crippen LogP contribution in [0, 0.1) is 0 Å². The fourth-order valence-corrected chi connectivity index (χ4v) is 3.17. The molecule has 20 heavy (non-hydrogen) atoms. The Balaban J connectivity index is 1.46. The summed E-state index contributed by atoms with van der Waals surface area (Å²) in [5, 5.41) is 1.06. The van der Waals surface area contributed by atoms with E-state index in [0.29, 0.717) is 12.3 Å². The van der Waals surface area contributed by atoms with Crippen LogP contribution >= 0.6 is 11.5 Å². The summed E-state index contributed by atoms with van der Waals surface area (Å²) < 4.78 is 9.13. The van der Waals surface area contributed by atoms with E-state index in [1.807, 2.05) is 0 Å². The van der Waals surface area contributed by atoms with Crippen LogP contribution in [0.5, 0.6) is 0 Å². The fourth-order valence-electron chi connectivity index (χ4n) is 2.38. The Morgan fingerprint density at radius 1 is 1.35 bits per heavy atom. The molecular formula is C13H20N4O2S. The zero-order chi connectivity index (χ0) is 13.9. The second-order valence-corrected chi connectivity index (χ2v) is 6.09. The summed E-state index contributed by atoms with van der Waals surface area (Å²) in [6.07, 6.45) is 2.97. The highest BCUT2D eigenvalue weighted by atomic mass is 32.1. The number of hydrogen-bond donors (Lipinski definition) is 0. The molecule has 2 heterocycles. The number of hydrogen-bond acceptors (Lipinski definition) is 7. The average molecular weight is 296 g/mol. The number of piperazine rings is 1. The summed E-state index contributed by atoms with van der Waals surface area (Å²) in [6, 6.07) is 0. The van der Waals surface area contributed by atoms with Gasteiger partial charge < -0.3 is 9.64 Å². The molecule has 0 unspecified atom stereocenters. The van der Waals surface area contributed by atoms with Gasteiger partial charge in [-0.2, -0.15) is 4.37 Å². The average Bonchev–Trinajstić information content (AvgIpc) is 3.23. The largest absolute Gasteiger partial charge is 0.469 e. The maximum atomic E-state index is 11.1. The topological polar surface area (TPSA) is 58.6 Å². The molecule has 0 radical (unpaired) electrons. The Morgan fingerprint density at radius 3 is 2.75 bits per heavy atom. The number of aromatic nitrogens is 2. The molecule has 0 amide bonds. The van der Waals surface area contributed by atoms with E-state index in [9.17, 15) is 4.79 Å². The van der Waals surface area contributed by atoms with E-state index in [-0.39, 0.29) is 5.97 Å². The van der Waals surface area contributed by atoms with Gasteiger partial charge in [-0.25, -0.2) is 4.98 Å². The summed E-state index contributed by atoms with van der Waals surface area (Å²) in [5.41, 5.74) is 0. The van der Waals surface area contributed by atoms with E-state index in [1.165, 1.54) is 31.5 Å². The molecular weight excluding hydrogens is 276 g/mol. The quantitative estimate of drug-likeness (QED) is 0.758. The summed E-state index contributed by atoms with van der Waals surface area (Å²) in [4.78, 5) is 20.4. The van der Waals surface area contributed by atoms with Gasteiger partial charge in [-0.15, -0.1) is 0 Å². The third-order valence-corrected chi connectivity index (χ3v) is 4.67. The van der Waals surface area contributed by atoms with Gasteiger partial charge in [0, 0.05) is 50.2 Å². The van der Waals surface area contributed by atoms with Crippen molar-refractivity contribution < 1.29 is 9.53 Å². The lowest BCUT2D eigenvalue weighted by molar-refractivity contribution is -0.141. The van der Waals surface area contributed by atoms with Crippen molar-refractivity contribution in [1.29, 1.82) is 0 Å². The van der Waals surface area contributed by atoms with Gasteiger partial charge in [0.2, 0.25) is 5.13 Å². The molecule has 2 aliphatic rings. The first-order valence-electron chi connectivity index (χ1n) is 7.14. The van der Waals surface area contributed by atoms with Crippen LogP contribution in [0.15, 0.2) is 0 Å². The number of carbonyl (C=O) groups excluding carboxylic acids is 1. The van der Waals surface area contributed by atoms with Gasteiger partial charge in [0.1, 0.15) is 5.82 Å². The number of methoxy groups -OCH3 is 1. The number of rotatable bonds is 5. The molecule has 0 aromatic carbocycles. The molecule has 6 nitrogen and oxygen atoms in total. The highest BCUT2D eigenvalue weighted by Crippen LogP contribution is 2.39. The Morgan fingerprint density at radius 2 is 2.10 bits per heavy atom. The Kier molecular flexibility index (Phi) is 4.16. The minimum absolute atomic E-state index is 0.134. The van der Waals surface area contributed by atoms with Crippen molar-refractivity contribution in [3.8, 4) is 0 Å². The zero-order valence-electron chi connectivity index (χ0n) is 11.7. The highest BCUT2D eigenvalue weighted by molar-refractivity contribution is 7.09. The molecule has 1 aliphatic carbocycles. The first-order valence-corrected chi connectivity index (χ1v) is 7.91. The monoisotopic (exact) mass is 296 g/mol. The fraction of sp³-hybridized carbons (Fsp3) is 0.769. The van der Waals surface area contributed by atoms with Crippen LogP contribution < -0.4 is 4.90 Å². The van der Waals surface area contributed by atoms with Crippen molar-refractivity contribution in [2.24, 2.45) is 0 Å². The third-order valence-electron chi connectivity index (χ3n) is 3.88. The molecule has 110 valence electrons. The molecule has 2 fully saturated rings. The smallest absolute Gasteiger partial charge is 0.306 e. The highest BCUT2D eigenvalue weighted by Gasteiger charge is 2.29. The van der Waals surface area contributed by atoms with Crippen LogP contribution in [0.3, 0.4) is 0 Å². The lowest BCUT2D eigenvalue weighted by Crippen LogP contribution is -2.47. The normalized spacial score (nSPS) is 20.1. The predicted octanol–water partition coefficient (Wildman–Crippen LogP) is 1.10. The predicted molar refractivity (Wildman–Crippen MR) is 77.2 cm³/mol. The van der Waals surface area contributed by atoms with E-state index in [0.717, 1.165) is 43.7 Å². The van der Waals surface area contributed by atoms with E-state index >= 15 is 0 Å². The minimum Gasteiger partial charge on any atom is -0.469 e. The van der Waals surface area contributed by atoms with Gasteiger partial charge in [-0.3, -0.25) is 9.69 Å². The second kappa shape index (κ2) is 6.05. The van der Waals surface area contributed by atoms with Crippen molar-refractivity contribution in [2.75, 3.05) is 44.7 Å². The molecule has 1 aromatic rings. The van der Waals surface area contributed by atoms with Gasteiger partial charge in [-0.1, -0.05) is 0 Å². The molecule has 0 spiro atoms. The van der Waals surface area contributed by atoms with Crippen LogP contribution in [0.25, 0.3) is 0 Å². The molecule has 0 N–H and O–H groups in total.